The number of ether oxygens (including phenoxy) is 1. The van der Waals surface area contributed by atoms with Crippen molar-refractivity contribution in [2.45, 2.75) is 24.5 Å². The van der Waals surface area contributed by atoms with E-state index >= 15 is 0 Å². The Bertz CT molecular complexity index is 1580. The minimum Gasteiger partial charge on any atom is -0.495 e. The molecule has 5 rings (SSSR count). The molecule has 0 radical (unpaired) electrons. The summed E-state index contributed by atoms with van der Waals surface area (Å²) in [6, 6.07) is 9.63. The van der Waals surface area contributed by atoms with Crippen LogP contribution in [0.25, 0.3) is 11.0 Å². The number of benzene rings is 2. The second-order valence-electron chi connectivity index (χ2n) is 9.21. The third kappa shape index (κ3) is 5.95. The third-order valence-corrected chi connectivity index (χ3v) is 7.52. The van der Waals surface area contributed by atoms with Crippen LogP contribution in [0.3, 0.4) is 0 Å². The Morgan fingerprint density at radius 1 is 1.05 bits per heavy atom. The van der Waals surface area contributed by atoms with Crippen LogP contribution in [-0.4, -0.2) is 54.8 Å². The Kier molecular flexibility index (Phi) is 7.59. The van der Waals surface area contributed by atoms with Crippen molar-refractivity contribution in [1.29, 1.82) is 0 Å². The Morgan fingerprint density at radius 2 is 1.82 bits per heavy atom. The molecule has 1 fully saturated rings. The van der Waals surface area contributed by atoms with E-state index < -0.39 is 9.84 Å². The normalized spacial score (nSPS) is 14.4. The molecule has 2 aromatic heterocycles. The molecule has 38 heavy (non-hydrogen) atoms. The first-order chi connectivity index (χ1) is 18.3. The van der Waals surface area contributed by atoms with Gasteiger partial charge in [-0.1, -0.05) is 17.7 Å². The number of nitrogens with zero attached hydrogens (tertiary/aromatic N) is 4. The molecule has 0 spiro atoms. The van der Waals surface area contributed by atoms with Crippen molar-refractivity contribution in [2.75, 3.05) is 37.1 Å². The summed E-state index contributed by atoms with van der Waals surface area (Å²) in [6.07, 6.45) is 7.93. The number of anilines is 4. The molecule has 3 N–H and O–H groups in total. The highest BCUT2D eigenvalue weighted by Crippen LogP contribution is 2.35. The van der Waals surface area contributed by atoms with Crippen molar-refractivity contribution < 1.29 is 13.2 Å². The lowest BCUT2D eigenvalue weighted by Gasteiger charge is -2.24. The zero-order valence-electron chi connectivity index (χ0n) is 21.0. The second kappa shape index (κ2) is 11.1. The van der Waals surface area contributed by atoms with E-state index in [2.05, 4.69) is 48.0 Å². The highest BCUT2D eigenvalue weighted by molar-refractivity contribution is 7.89. The van der Waals surface area contributed by atoms with E-state index in [0.29, 0.717) is 45.7 Å². The van der Waals surface area contributed by atoms with Gasteiger partial charge in [0.2, 0.25) is 5.95 Å². The van der Waals surface area contributed by atoms with Crippen LogP contribution in [0.1, 0.15) is 29.9 Å². The molecule has 0 atom stereocenters. The molecular formula is C26H28ClN7O3S. The number of sulfone groups is 1. The van der Waals surface area contributed by atoms with Crippen LogP contribution in [0.15, 0.2) is 48.9 Å². The van der Waals surface area contributed by atoms with E-state index in [1.165, 1.54) is 24.2 Å². The number of aromatic nitrogens is 4. The van der Waals surface area contributed by atoms with Crippen LogP contribution in [0.5, 0.6) is 5.75 Å². The SMILES string of the molecule is COc1cc(C2CCNCC2)ccc1Nc1ncc(Cl)c(Nc2ccc3nccnc3c2CS(C)(=O)=O)n1. The molecule has 12 heteroatoms. The average molecular weight is 554 g/mol. The van der Waals surface area contributed by atoms with Crippen LogP contribution < -0.4 is 20.7 Å². The molecule has 4 aromatic rings. The van der Waals surface area contributed by atoms with E-state index in [1.807, 2.05) is 6.07 Å². The monoisotopic (exact) mass is 553 g/mol. The van der Waals surface area contributed by atoms with E-state index in [-0.39, 0.29) is 10.8 Å². The predicted octanol–water partition coefficient (Wildman–Crippen LogP) is 4.58. The highest BCUT2D eigenvalue weighted by Gasteiger charge is 2.19. The van der Waals surface area contributed by atoms with Crippen LogP contribution in [0, 0.1) is 0 Å². The number of piperidine rings is 1. The molecule has 0 bridgehead atoms. The third-order valence-electron chi connectivity index (χ3n) is 6.43. The second-order valence-corrected chi connectivity index (χ2v) is 11.8. The summed E-state index contributed by atoms with van der Waals surface area (Å²) in [6.45, 7) is 2.02. The maximum Gasteiger partial charge on any atom is 0.229 e. The molecule has 0 amide bonds. The molecule has 2 aromatic carbocycles. The van der Waals surface area contributed by atoms with Gasteiger partial charge in [-0.05, 0) is 61.7 Å². The molecule has 10 nitrogen and oxygen atoms in total. The fraction of sp³-hybridized carbons (Fsp3) is 0.308. The van der Waals surface area contributed by atoms with Crippen molar-refractivity contribution >= 4 is 55.6 Å². The Morgan fingerprint density at radius 3 is 2.58 bits per heavy atom. The van der Waals surface area contributed by atoms with Crippen molar-refractivity contribution in [2.24, 2.45) is 0 Å². The maximum atomic E-state index is 12.2. The summed E-state index contributed by atoms with van der Waals surface area (Å²) in [5.41, 5.74) is 4.04. The average Bonchev–Trinajstić information content (AvgIpc) is 2.92. The summed E-state index contributed by atoms with van der Waals surface area (Å²) in [5, 5.41) is 10.0. The Hall–Kier alpha value is -3.54. The summed E-state index contributed by atoms with van der Waals surface area (Å²) in [5.74, 6) is 1.58. The van der Waals surface area contributed by atoms with E-state index in [0.717, 1.165) is 31.6 Å². The Labute approximate surface area is 226 Å². The van der Waals surface area contributed by atoms with E-state index in [4.69, 9.17) is 16.3 Å². The number of methoxy groups -OCH3 is 1. The van der Waals surface area contributed by atoms with Crippen molar-refractivity contribution in [3.8, 4) is 5.75 Å². The van der Waals surface area contributed by atoms with Crippen LogP contribution in [0.4, 0.5) is 23.1 Å². The lowest BCUT2D eigenvalue weighted by molar-refractivity contribution is 0.413. The number of fused-ring (bicyclic) bond motifs is 1. The fourth-order valence-corrected chi connectivity index (χ4v) is 5.56. The number of rotatable bonds is 8. The minimum absolute atomic E-state index is 0.222. The van der Waals surface area contributed by atoms with Gasteiger partial charge in [-0.25, -0.2) is 13.4 Å². The molecule has 3 heterocycles. The van der Waals surface area contributed by atoms with Crippen LogP contribution >= 0.6 is 11.6 Å². The number of halogens is 1. The van der Waals surface area contributed by atoms with Crippen molar-refractivity contribution in [1.82, 2.24) is 25.3 Å². The van der Waals surface area contributed by atoms with Gasteiger partial charge in [0.25, 0.3) is 0 Å². The van der Waals surface area contributed by atoms with Crippen LogP contribution in [-0.2, 0) is 15.6 Å². The van der Waals surface area contributed by atoms with E-state index in [9.17, 15) is 8.42 Å². The summed E-state index contributed by atoms with van der Waals surface area (Å²) >= 11 is 6.43. The molecular weight excluding hydrogens is 526 g/mol. The standard InChI is InChI=1S/C26H28ClN7O3S/c1-37-23-13-17(16-7-9-28-10-8-16)3-4-21(23)33-26-31-14-19(27)25(34-26)32-20-5-6-22-24(30-12-11-29-22)18(20)15-38(2,35)36/h3-6,11-14,16,28H,7-10,15H2,1-2H3,(H2,31,32,33,34). The van der Waals surface area contributed by atoms with Gasteiger partial charge in [0, 0.05) is 29.9 Å². The smallest absolute Gasteiger partial charge is 0.229 e. The number of hydrogen-bond donors (Lipinski definition) is 3. The first-order valence-corrected chi connectivity index (χ1v) is 14.6. The molecule has 1 saturated heterocycles. The lowest BCUT2D eigenvalue weighted by Crippen LogP contribution is -2.26. The zero-order chi connectivity index (χ0) is 26.7. The van der Waals surface area contributed by atoms with Crippen molar-refractivity contribution in [3.63, 3.8) is 0 Å². The van der Waals surface area contributed by atoms with Crippen molar-refractivity contribution in [3.05, 3.63) is 65.1 Å². The summed E-state index contributed by atoms with van der Waals surface area (Å²) in [4.78, 5) is 17.5. The molecule has 0 unspecified atom stereocenters. The molecule has 0 aliphatic carbocycles. The lowest BCUT2D eigenvalue weighted by atomic mass is 9.90. The van der Waals surface area contributed by atoms with Gasteiger partial charge in [0.15, 0.2) is 15.7 Å². The summed E-state index contributed by atoms with van der Waals surface area (Å²) in [7, 11) is -1.73. The van der Waals surface area contributed by atoms with Gasteiger partial charge in [-0.2, -0.15) is 4.98 Å². The first-order valence-electron chi connectivity index (χ1n) is 12.2. The first kappa shape index (κ1) is 26.1. The minimum atomic E-state index is -3.37. The molecule has 198 valence electrons. The molecule has 1 aliphatic rings. The van der Waals surface area contributed by atoms with Gasteiger partial charge in [0.05, 0.1) is 35.8 Å². The molecule has 0 saturated carbocycles. The zero-order valence-corrected chi connectivity index (χ0v) is 22.6. The maximum absolute atomic E-state index is 12.2. The fourth-order valence-electron chi connectivity index (χ4n) is 4.60. The quantitative estimate of drug-likeness (QED) is 0.285. The van der Waals surface area contributed by atoms with E-state index in [1.54, 1.807) is 25.4 Å². The highest BCUT2D eigenvalue weighted by atomic mass is 35.5. The van der Waals surface area contributed by atoms with Gasteiger partial charge >= 0.3 is 0 Å². The summed E-state index contributed by atoms with van der Waals surface area (Å²) < 4.78 is 30.1. The number of nitrogens with one attached hydrogen (secondary N) is 3. The van der Waals surface area contributed by atoms with Gasteiger partial charge in [-0.15, -0.1) is 0 Å². The van der Waals surface area contributed by atoms with Gasteiger partial charge in [-0.3, -0.25) is 9.97 Å². The van der Waals surface area contributed by atoms with Gasteiger partial charge < -0.3 is 20.7 Å². The number of hydrogen-bond acceptors (Lipinski definition) is 10. The largest absolute Gasteiger partial charge is 0.495 e. The topological polar surface area (TPSA) is 131 Å². The van der Waals surface area contributed by atoms with Gasteiger partial charge in [0.1, 0.15) is 10.8 Å². The van der Waals surface area contributed by atoms with Crippen LogP contribution in [0.2, 0.25) is 5.02 Å². The molecule has 1 aliphatic heterocycles. The predicted molar refractivity (Wildman–Crippen MR) is 150 cm³/mol. The Balaban J connectivity index is 1.44.